The van der Waals surface area contributed by atoms with Crippen molar-refractivity contribution >= 4 is 12.2 Å². The van der Waals surface area contributed by atoms with Gasteiger partial charge in [-0.3, -0.25) is 0 Å². The molecular formula is C21H40N2O7. The first-order chi connectivity index (χ1) is 13.9. The fraction of sp³-hybridized carbons (Fsp3) is 0.810. The molecule has 1 N–H and O–H groups in total. The molecule has 0 unspecified atom stereocenters. The summed E-state index contributed by atoms with van der Waals surface area (Å²) in [6.07, 6.45) is 2.22. The lowest BCUT2D eigenvalue weighted by atomic mass is 10.2. The minimum Gasteiger partial charge on any atom is -0.443 e. The van der Waals surface area contributed by atoms with Crippen molar-refractivity contribution in [3.05, 3.63) is 11.8 Å². The van der Waals surface area contributed by atoms with Gasteiger partial charge < -0.3 is 23.7 Å². The first kappa shape index (κ1) is 28.2. The number of amides is 2. The number of ether oxygens (including phenoxy) is 5. The molecule has 0 atom stereocenters. The van der Waals surface area contributed by atoms with Crippen LogP contribution in [0, 0.1) is 0 Å². The molecule has 0 aliphatic heterocycles. The maximum atomic E-state index is 12.7. The van der Waals surface area contributed by atoms with Gasteiger partial charge in [0.25, 0.3) is 0 Å². The fourth-order valence-electron chi connectivity index (χ4n) is 2.15. The van der Waals surface area contributed by atoms with E-state index >= 15 is 0 Å². The average Bonchev–Trinajstić information content (AvgIpc) is 2.58. The second-order valence-corrected chi connectivity index (χ2v) is 8.56. The van der Waals surface area contributed by atoms with Crippen LogP contribution < -0.4 is 5.43 Å². The van der Waals surface area contributed by atoms with Crippen LogP contribution in [0.4, 0.5) is 9.59 Å². The van der Waals surface area contributed by atoms with Gasteiger partial charge in [0.05, 0.1) is 13.2 Å². The standard InChI is InChI=1S/C21H40N2O7/c1-9-11-17(12-10-13-27-16-28-15-14-26-8)23(19(25)30-21(5,6)7)22-18(24)29-20(2,3)4/h11H,9-10,12-16H2,1-8H3,(H,22,24)/b17-11+. The predicted molar refractivity (Wildman–Crippen MR) is 114 cm³/mol. The summed E-state index contributed by atoms with van der Waals surface area (Å²) in [5.41, 5.74) is 1.69. The van der Waals surface area contributed by atoms with E-state index in [0.29, 0.717) is 44.8 Å². The first-order valence-corrected chi connectivity index (χ1v) is 10.3. The van der Waals surface area contributed by atoms with E-state index < -0.39 is 23.4 Å². The van der Waals surface area contributed by atoms with Crippen molar-refractivity contribution in [1.29, 1.82) is 0 Å². The molecule has 2 amide bonds. The van der Waals surface area contributed by atoms with Gasteiger partial charge >= 0.3 is 12.2 Å². The maximum Gasteiger partial charge on any atom is 0.433 e. The number of hydrogen-bond acceptors (Lipinski definition) is 7. The smallest absolute Gasteiger partial charge is 0.433 e. The summed E-state index contributed by atoms with van der Waals surface area (Å²) in [6.45, 7) is 14.0. The third-order valence-electron chi connectivity index (χ3n) is 3.23. The molecule has 0 fully saturated rings. The zero-order valence-corrected chi connectivity index (χ0v) is 19.8. The van der Waals surface area contributed by atoms with E-state index in [1.165, 1.54) is 0 Å². The molecular weight excluding hydrogens is 392 g/mol. The summed E-state index contributed by atoms with van der Waals surface area (Å²) in [7, 11) is 1.60. The molecule has 0 radical (unpaired) electrons. The molecule has 0 spiro atoms. The Kier molecular flexibility index (Phi) is 13.3. The van der Waals surface area contributed by atoms with Crippen LogP contribution in [0.5, 0.6) is 0 Å². The fourth-order valence-corrected chi connectivity index (χ4v) is 2.15. The Morgan fingerprint density at radius 3 is 2.07 bits per heavy atom. The monoisotopic (exact) mass is 432 g/mol. The highest BCUT2D eigenvalue weighted by molar-refractivity contribution is 5.76. The van der Waals surface area contributed by atoms with E-state index in [0.717, 1.165) is 5.01 Å². The van der Waals surface area contributed by atoms with Crippen molar-refractivity contribution in [2.24, 2.45) is 0 Å². The number of methoxy groups -OCH3 is 1. The Morgan fingerprint density at radius 1 is 0.933 bits per heavy atom. The summed E-state index contributed by atoms with van der Waals surface area (Å²) in [4.78, 5) is 25.0. The summed E-state index contributed by atoms with van der Waals surface area (Å²) in [6, 6.07) is 0. The van der Waals surface area contributed by atoms with Crippen molar-refractivity contribution in [2.45, 2.75) is 78.9 Å². The lowest BCUT2D eigenvalue weighted by molar-refractivity contribution is -0.0663. The van der Waals surface area contributed by atoms with Gasteiger partial charge in [-0.2, -0.15) is 5.01 Å². The first-order valence-electron chi connectivity index (χ1n) is 10.3. The van der Waals surface area contributed by atoms with E-state index in [4.69, 9.17) is 23.7 Å². The second-order valence-electron chi connectivity index (χ2n) is 8.56. The van der Waals surface area contributed by atoms with Crippen LogP contribution in [0.25, 0.3) is 0 Å². The highest BCUT2D eigenvalue weighted by Crippen LogP contribution is 2.17. The van der Waals surface area contributed by atoms with Crippen LogP contribution in [0.1, 0.15) is 67.7 Å². The molecule has 9 nitrogen and oxygen atoms in total. The molecule has 0 aromatic carbocycles. The van der Waals surface area contributed by atoms with E-state index in [2.05, 4.69) is 5.43 Å². The zero-order valence-electron chi connectivity index (χ0n) is 19.8. The van der Waals surface area contributed by atoms with Gasteiger partial charge in [-0.15, -0.1) is 0 Å². The van der Waals surface area contributed by atoms with E-state index in [1.54, 1.807) is 48.7 Å². The normalized spacial score (nSPS) is 12.5. The zero-order chi connectivity index (χ0) is 23.2. The van der Waals surface area contributed by atoms with Gasteiger partial charge in [-0.1, -0.05) is 13.0 Å². The lowest BCUT2D eigenvalue weighted by Crippen LogP contribution is -2.49. The van der Waals surface area contributed by atoms with Gasteiger partial charge in [0.1, 0.15) is 18.0 Å². The SMILES string of the molecule is CC/C=C(\CCCOCOCCOC)N(NC(=O)OC(C)(C)C)C(=O)OC(C)(C)C. The molecule has 0 rings (SSSR count). The molecule has 9 heteroatoms. The van der Waals surface area contributed by atoms with Crippen molar-refractivity contribution in [3.8, 4) is 0 Å². The van der Waals surface area contributed by atoms with E-state index in [1.807, 2.05) is 13.0 Å². The van der Waals surface area contributed by atoms with Crippen molar-refractivity contribution < 1.29 is 33.3 Å². The summed E-state index contributed by atoms with van der Waals surface area (Å²) < 4.78 is 26.3. The van der Waals surface area contributed by atoms with E-state index in [9.17, 15) is 9.59 Å². The van der Waals surface area contributed by atoms with Crippen molar-refractivity contribution in [2.75, 3.05) is 33.7 Å². The topological polar surface area (TPSA) is 95.6 Å². The molecule has 0 aromatic heterocycles. The highest BCUT2D eigenvalue weighted by Gasteiger charge is 2.28. The Hall–Kier alpha value is -1.84. The van der Waals surface area contributed by atoms with Crippen molar-refractivity contribution in [1.82, 2.24) is 10.4 Å². The van der Waals surface area contributed by atoms with Crippen LogP contribution in [-0.4, -0.2) is 62.1 Å². The highest BCUT2D eigenvalue weighted by atomic mass is 16.7. The predicted octanol–water partition coefficient (Wildman–Crippen LogP) is 4.37. The average molecular weight is 433 g/mol. The molecule has 30 heavy (non-hydrogen) atoms. The van der Waals surface area contributed by atoms with Crippen LogP contribution in [-0.2, 0) is 23.7 Å². The van der Waals surface area contributed by atoms with Gasteiger partial charge in [-0.25, -0.2) is 15.0 Å². The number of carbonyl (C=O) groups is 2. The van der Waals surface area contributed by atoms with Crippen LogP contribution in [0.3, 0.4) is 0 Å². The van der Waals surface area contributed by atoms with Crippen LogP contribution >= 0.6 is 0 Å². The lowest BCUT2D eigenvalue weighted by Gasteiger charge is -2.30. The van der Waals surface area contributed by atoms with E-state index in [-0.39, 0.29) is 6.79 Å². The number of nitrogens with one attached hydrogen (secondary N) is 1. The largest absolute Gasteiger partial charge is 0.443 e. The Labute approximate surface area is 181 Å². The Bertz CT molecular complexity index is 536. The minimum atomic E-state index is -0.738. The number of hydrazine groups is 1. The van der Waals surface area contributed by atoms with Gasteiger partial charge in [0.2, 0.25) is 0 Å². The van der Waals surface area contributed by atoms with Crippen LogP contribution in [0.15, 0.2) is 11.8 Å². The third kappa shape index (κ3) is 15.1. The number of rotatable bonds is 11. The van der Waals surface area contributed by atoms with Gasteiger partial charge in [0.15, 0.2) is 0 Å². The number of nitrogens with zero attached hydrogens (tertiary/aromatic N) is 1. The molecule has 0 saturated heterocycles. The summed E-state index contributed by atoms with van der Waals surface area (Å²) >= 11 is 0. The third-order valence-corrected chi connectivity index (χ3v) is 3.23. The maximum absolute atomic E-state index is 12.7. The number of hydrogen-bond donors (Lipinski definition) is 1. The molecule has 0 heterocycles. The second kappa shape index (κ2) is 14.2. The number of allylic oxidation sites excluding steroid dienone is 2. The minimum absolute atomic E-state index is 0.169. The van der Waals surface area contributed by atoms with Gasteiger partial charge in [-0.05, 0) is 60.8 Å². The summed E-state index contributed by atoms with van der Waals surface area (Å²) in [5.74, 6) is 0. The van der Waals surface area contributed by atoms with Gasteiger partial charge in [0, 0.05) is 19.4 Å². The molecule has 0 aliphatic carbocycles. The Balaban J connectivity index is 5.02. The molecule has 0 aromatic rings. The quantitative estimate of drug-likeness (QED) is 0.294. The molecule has 0 saturated carbocycles. The van der Waals surface area contributed by atoms with Crippen LogP contribution in [0.2, 0.25) is 0 Å². The molecule has 176 valence electrons. The Morgan fingerprint density at radius 2 is 1.53 bits per heavy atom. The summed E-state index contributed by atoms with van der Waals surface area (Å²) in [5, 5.41) is 1.11. The number of carbonyl (C=O) groups excluding carboxylic acids is 2. The van der Waals surface area contributed by atoms with Crippen molar-refractivity contribution in [3.63, 3.8) is 0 Å². The molecule has 0 bridgehead atoms. The molecule has 0 aliphatic rings.